The quantitative estimate of drug-likeness (QED) is 0.461. The highest BCUT2D eigenvalue weighted by atomic mass is 16.1. The number of hydrogen-bond donors (Lipinski definition) is 1. The molecular formula is C12H12N2O2. The molecule has 0 aliphatic rings. The lowest BCUT2D eigenvalue weighted by molar-refractivity contribution is -0.118. The van der Waals surface area contributed by atoms with Crippen LogP contribution in [-0.4, -0.2) is 23.7 Å². The monoisotopic (exact) mass is 216 g/mol. The second-order valence-corrected chi connectivity index (χ2v) is 3.12. The lowest BCUT2D eigenvalue weighted by Crippen LogP contribution is -2.20. The Bertz CT molecular complexity index is 444. The zero-order chi connectivity index (χ0) is 11.8. The molecule has 0 aromatic carbocycles. The summed E-state index contributed by atoms with van der Waals surface area (Å²) in [6.07, 6.45) is 4.40. The molecule has 0 unspecified atom stereocenters. The van der Waals surface area contributed by atoms with Gasteiger partial charge in [-0.05, 0) is 6.07 Å². The summed E-state index contributed by atoms with van der Waals surface area (Å²) in [5.74, 6) is 5.64. The Morgan fingerprint density at radius 2 is 2.44 bits per heavy atom. The first-order valence-corrected chi connectivity index (χ1v) is 4.86. The van der Waals surface area contributed by atoms with Gasteiger partial charge in [0.15, 0.2) is 6.29 Å². The molecule has 16 heavy (non-hydrogen) atoms. The summed E-state index contributed by atoms with van der Waals surface area (Å²) in [5.41, 5.74) is 1.14. The maximum absolute atomic E-state index is 10.7. The number of aldehydes is 1. The van der Waals surface area contributed by atoms with Gasteiger partial charge in [0, 0.05) is 37.8 Å². The molecule has 0 atom stereocenters. The molecule has 4 nitrogen and oxygen atoms in total. The zero-order valence-corrected chi connectivity index (χ0v) is 8.99. The van der Waals surface area contributed by atoms with Gasteiger partial charge >= 0.3 is 0 Å². The van der Waals surface area contributed by atoms with Crippen LogP contribution in [0.2, 0.25) is 0 Å². The summed E-state index contributed by atoms with van der Waals surface area (Å²) in [4.78, 5) is 25.1. The number of rotatable bonds is 3. The van der Waals surface area contributed by atoms with Gasteiger partial charge in [0.2, 0.25) is 5.91 Å². The first-order valence-electron chi connectivity index (χ1n) is 4.86. The second kappa shape index (κ2) is 6.36. The number of carbonyl (C=O) groups is 2. The molecule has 0 aliphatic heterocycles. The van der Waals surface area contributed by atoms with Crippen molar-refractivity contribution in [3.05, 3.63) is 29.6 Å². The van der Waals surface area contributed by atoms with E-state index in [0.717, 1.165) is 6.29 Å². The van der Waals surface area contributed by atoms with Gasteiger partial charge in [-0.3, -0.25) is 14.6 Å². The van der Waals surface area contributed by atoms with Crippen molar-refractivity contribution in [2.24, 2.45) is 0 Å². The molecule has 1 aromatic heterocycles. The molecular weight excluding hydrogens is 204 g/mol. The van der Waals surface area contributed by atoms with Crippen molar-refractivity contribution in [2.45, 2.75) is 13.3 Å². The highest BCUT2D eigenvalue weighted by Crippen LogP contribution is 2.01. The summed E-state index contributed by atoms with van der Waals surface area (Å²) in [5, 5.41) is 2.63. The predicted octanol–water partition coefficient (Wildman–Crippen LogP) is 0.772. The van der Waals surface area contributed by atoms with Gasteiger partial charge in [-0.25, -0.2) is 0 Å². The van der Waals surface area contributed by atoms with Crippen LogP contribution in [0, 0.1) is 11.8 Å². The summed E-state index contributed by atoms with van der Waals surface area (Å²) in [6, 6.07) is 1.62. The van der Waals surface area contributed by atoms with Crippen molar-refractivity contribution in [1.82, 2.24) is 10.3 Å². The molecule has 0 saturated heterocycles. The van der Waals surface area contributed by atoms with E-state index in [2.05, 4.69) is 22.1 Å². The van der Waals surface area contributed by atoms with Gasteiger partial charge in [0.1, 0.15) is 0 Å². The largest absolute Gasteiger partial charge is 0.355 e. The van der Waals surface area contributed by atoms with Crippen molar-refractivity contribution in [3.63, 3.8) is 0 Å². The molecule has 0 fully saturated rings. The Morgan fingerprint density at radius 1 is 1.62 bits per heavy atom. The molecule has 82 valence electrons. The molecule has 0 aliphatic carbocycles. The zero-order valence-electron chi connectivity index (χ0n) is 8.99. The van der Waals surface area contributed by atoms with Gasteiger partial charge in [0.05, 0.1) is 5.56 Å². The van der Waals surface area contributed by atoms with Crippen LogP contribution in [0.1, 0.15) is 29.3 Å². The fourth-order valence-electron chi connectivity index (χ4n) is 1.07. The third kappa shape index (κ3) is 3.93. The number of carbonyl (C=O) groups excluding carboxylic acids is 2. The van der Waals surface area contributed by atoms with Crippen LogP contribution in [0.5, 0.6) is 0 Å². The predicted molar refractivity (Wildman–Crippen MR) is 59.8 cm³/mol. The molecule has 1 aromatic rings. The molecule has 1 amide bonds. The Morgan fingerprint density at radius 3 is 3.12 bits per heavy atom. The van der Waals surface area contributed by atoms with Crippen LogP contribution in [-0.2, 0) is 4.79 Å². The van der Waals surface area contributed by atoms with Crippen molar-refractivity contribution in [3.8, 4) is 11.8 Å². The maximum Gasteiger partial charge on any atom is 0.216 e. The average molecular weight is 216 g/mol. The summed E-state index contributed by atoms with van der Waals surface area (Å²) < 4.78 is 0. The minimum Gasteiger partial charge on any atom is -0.355 e. The van der Waals surface area contributed by atoms with E-state index >= 15 is 0 Å². The molecule has 0 radical (unpaired) electrons. The van der Waals surface area contributed by atoms with E-state index in [-0.39, 0.29) is 5.91 Å². The van der Waals surface area contributed by atoms with Gasteiger partial charge in [-0.15, -0.1) is 0 Å². The summed E-state index contributed by atoms with van der Waals surface area (Å²) >= 11 is 0. The Hall–Kier alpha value is -2.15. The van der Waals surface area contributed by atoms with Crippen LogP contribution in [0.15, 0.2) is 18.5 Å². The minimum absolute atomic E-state index is 0.0724. The number of amides is 1. The first kappa shape index (κ1) is 11.9. The molecule has 1 N–H and O–H groups in total. The highest BCUT2D eigenvalue weighted by Gasteiger charge is 1.95. The average Bonchev–Trinajstić information content (AvgIpc) is 2.29. The van der Waals surface area contributed by atoms with Crippen molar-refractivity contribution < 1.29 is 9.59 Å². The lowest BCUT2D eigenvalue weighted by Gasteiger charge is -1.95. The third-order valence-corrected chi connectivity index (χ3v) is 1.83. The topological polar surface area (TPSA) is 59.1 Å². The normalized spacial score (nSPS) is 8.81. The lowest BCUT2D eigenvalue weighted by atomic mass is 10.1. The van der Waals surface area contributed by atoms with Gasteiger partial charge in [-0.1, -0.05) is 11.8 Å². The standard InChI is InChI=1S/C12H12N2O2/c1-10(16)14-6-3-2-4-11-8-13-7-5-12(11)9-15/h5,7-9H,3,6H2,1H3,(H,14,16). The Labute approximate surface area is 94.1 Å². The first-order chi connectivity index (χ1) is 7.74. The Kier molecular flexibility index (Phi) is 4.74. The molecule has 0 saturated carbocycles. The van der Waals surface area contributed by atoms with Gasteiger partial charge in [-0.2, -0.15) is 0 Å². The van der Waals surface area contributed by atoms with E-state index < -0.39 is 0 Å². The smallest absolute Gasteiger partial charge is 0.216 e. The van der Waals surface area contributed by atoms with E-state index in [1.54, 1.807) is 18.5 Å². The van der Waals surface area contributed by atoms with E-state index in [1.165, 1.54) is 6.92 Å². The van der Waals surface area contributed by atoms with Gasteiger partial charge in [0.25, 0.3) is 0 Å². The third-order valence-electron chi connectivity index (χ3n) is 1.83. The number of nitrogens with zero attached hydrogens (tertiary/aromatic N) is 1. The van der Waals surface area contributed by atoms with Crippen LogP contribution < -0.4 is 5.32 Å². The minimum atomic E-state index is -0.0724. The maximum atomic E-state index is 10.7. The van der Waals surface area contributed by atoms with Crippen LogP contribution >= 0.6 is 0 Å². The van der Waals surface area contributed by atoms with E-state index in [9.17, 15) is 9.59 Å². The second-order valence-electron chi connectivity index (χ2n) is 3.12. The van der Waals surface area contributed by atoms with Crippen LogP contribution in [0.25, 0.3) is 0 Å². The number of pyridine rings is 1. The van der Waals surface area contributed by atoms with Gasteiger partial charge < -0.3 is 5.32 Å². The molecule has 0 spiro atoms. The van der Waals surface area contributed by atoms with Crippen molar-refractivity contribution >= 4 is 12.2 Å². The van der Waals surface area contributed by atoms with Crippen LogP contribution in [0.4, 0.5) is 0 Å². The van der Waals surface area contributed by atoms with Crippen LogP contribution in [0.3, 0.4) is 0 Å². The highest BCUT2D eigenvalue weighted by molar-refractivity contribution is 5.78. The van der Waals surface area contributed by atoms with E-state index in [0.29, 0.717) is 24.1 Å². The summed E-state index contributed by atoms with van der Waals surface area (Å²) in [7, 11) is 0. The molecule has 1 rings (SSSR count). The number of nitrogens with one attached hydrogen (secondary N) is 1. The summed E-state index contributed by atoms with van der Waals surface area (Å²) in [6.45, 7) is 1.97. The fourth-order valence-corrected chi connectivity index (χ4v) is 1.07. The number of hydrogen-bond acceptors (Lipinski definition) is 3. The fraction of sp³-hybridized carbons (Fsp3) is 0.250. The Balaban J connectivity index is 2.56. The van der Waals surface area contributed by atoms with E-state index in [1.807, 2.05) is 0 Å². The number of aromatic nitrogens is 1. The SMILES string of the molecule is CC(=O)NCCC#Cc1cnccc1C=O. The van der Waals surface area contributed by atoms with E-state index in [4.69, 9.17) is 0 Å². The molecule has 4 heteroatoms. The van der Waals surface area contributed by atoms with Crippen molar-refractivity contribution in [2.75, 3.05) is 6.54 Å². The van der Waals surface area contributed by atoms with Crippen molar-refractivity contribution in [1.29, 1.82) is 0 Å². The molecule has 0 bridgehead atoms. The molecule has 1 heterocycles.